The lowest BCUT2D eigenvalue weighted by Gasteiger charge is -1.97. The third-order valence-electron chi connectivity index (χ3n) is 3.07. The molecule has 0 atom stereocenters. The number of hydrogen-bond donors (Lipinski definition) is 1. The van der Waals surface area contributed by atoms with E-state index >= 15 is 0 Å². The quantitative estimate of drug-likeness (QED) is 0.789. The molecule has 1 N–H and O–H groups in total. The molecule has 0 aliphatic rings. The highest BCUT2D eigenvalue weighted by molar-refractivity contribution is 5.54. The molecule has 0 saturated heterocycles. The van der Waals surface area contributed by atoms with Crippen molar-refractivity contribution in [2.45, 2.75) is 13.3 Å². The summed E-state index contributed by atoms with van der Waals surface area (Å²) in [5.41, 5.74) is 3.17. The van der Waals surface area contributed by atoms with Crippen LogP contribution in [0.25, 0.3) is 11.5 Å². The Balaban J connectivity index is 1.80. The van der Waals surface area contributed by atoms with Crippen LogP contribution in [-0.2, 0) is 6.42 Å². The molecule has 4 nitrogen and oxygen atoms in total. The molecule has 0 unspecified atom stereocenters. The molecule has 0 radical (unpaired) electrons. The van der Waals surface area contributed by atoms with Gasteiger partial charge in [0.25, 0.3) is 5.89 Å². The highest BCUT2D eigenvalue weighted by Gasteiger charge is 2.09. The molecule has 3 aromatic rings. The van der Waals surface area contributed by atoms with Crippen LogP contribution in [0, 0.1) is 6.92 Å². The lowest BCUT2D eigenvalue weighted by Crippen LogP contribution is -1.90. The van der Waals surface area contributed by atoms with Crippen LogP contribution in [-0.4, -0.2) is 15.2 Å². The van der Waals surface area contributed by atoms with E-state index in [1.54, 1.807) is 24.3 Å². The average molecular weight is 266 g/mol. The predicted octanol–water partition coefficient (Wildman–Crippen LogP) is 3.34. The van der Waals surface area contributed by atoms with Crippen LogP contribution in [0.5, 0.6) is 5.75 Å². The number of phenols is 1. The molecule has 0 aliphatic carbocycles. The van der Waals surface area contributed by atoms with Crippen LogP contribution in [0.4, 0.5) is 0 Å². The van der Waals surface area contributed by atoms with E-state index in [0.717, 1.165) is 11.1 Å². The normalized spacial score (nSPS) is 10.7. The number of aromatic nitrogens is 2. The van der Waals surface area contributed by atoms with Crippen molar-refractivity contribution >= 4 is 0 Å². The molecule has 20 heavy (non-hydrogen) atoms. The highest BCUT2D eigenvalue weighted by atomic mass is 16.5. The molecule has 100 valence electrons. The van der Waals surface area contributed by atoms with Crippen LogP contribution in [0.3, 0.4) is 0 Å². The lowest BCUT2D eigenvalue weighted by molar-refractivity contribution is 0.423. The van der Waals surface area contributed by atoms with E-state index in [-0.39, 0.29) is 5.75 Å². The molecule has 1 heterocycles. The number of aromatic hydroxyl groups is 1. The molecule has 2 aromatic carbocycles. The molecule has 0 aliphatic heterocycles. The van der Waals surface area contributed by atoms with Crippen LogP contribution in [0.15, 0.2) is 53.1 Å². The van der Waals surface area contributed by atoms with Crippen molar-refractivity contribution in [3.63, 3.8) is 0 Å². The maximum Gasteiger partial charge on any atom is 0.257 e. The first kappa shape index (κ1) is 12.4. The van der Waals surface area contributed by atoms with Gasteiger partial charge in [0.05, 0.1) is 0 Å². The molecule has 0 amide bonds. The second-order valence-electron chi connectivity index (χ2n) is 4.73. The monoisotopic (exact) mass is 266 g/mol. The summed E-state index contributed by atoms with van der Waals surface area (Å²) < 4.78 is 5.24. The van der Waals surface area contributed by atoms with Gasteiger partial charge in [-0.3, -0.25) is 0 Å². The van der Waals surface area contributed by atoms with Crippen LogP contribution < -0.4 is 0 Å². The molecule has 0 fully saturated rings. The van der Waals surface area contributed by atoms with E-state index in [0.29, 0.717) is 18.1 Å². The van der Waals surface area contributed by atoms with E-state index < -0.39 is 0 Å². The van der Waals surface area contributed by atoms with Gasteiger partial charge in [0.15, 0.2) is 5.82 Å². The minimum absolute atomic E-state index is 0.216. The van der Waals surface area contributed by atoms with Gasteiger partial charge >= 0.3 is 0 Å². The first-order valence-electron chi connectivity index (χ1n) is 6.38. The van der Waals surface area contributed by atoms with Crippen molar-refractivity contribution in [2.75, 3.05) is 0 Å². The van der Waals surface area contributed by atoms with Gasteiger partial charge in [0, 0.05) is 12.0 Å². The Kier molecular flexibility index (Phi) is 3.21. The Hall–Kier alpha value is -2.62. The van der Waals surface area contributed by atoms with E-state index in [1.165, 1.54) is 5.56 Å². The molecular formula is C16H14N2O2. The average Bonchev–Trinajstić information content (AvgIpc) is 2.91. The van der Waals surface area contributed by atoms with E-state index in [9.17, 15) is 5.11 Å². The van der Waals surface area contributed by atoms with Crippen molar-refractivity contribution in [3.05, 3.63) is 65.5 Å². The SMILES string of the molecule is Cc1ccc(Cc2noc(-c3ccc(O)cc3)n2)cc1. The fourth-order valence-electron chi connectivity index (χ4n) is 1.94. The molecular weight excluding hydrogens is 252 g/mol. The smallest absolute Gasteiger partial charge is 0.257 e. The fraction of sp³-hybridized carbons (Fsp3) is 0.125. The van der Waals surface area contributed by atoms with Crippen molar-refractivity contribution in [3.8, 4) is 17.2 Å². The lowest BCUT2D eigenvalue weighted by atomic mass is 10.1. The van der Waals surface area contributed by atoms with Crippen LogP contribution in [0.2, 0.25) is 0 Å². The minimum atomic E-state index is 0.216. The Labute approximate surface area is 116 Å². The second-order valence-corrected chi connectivity index (χ2v) is 4.73. The third kappa shape index (κ3) is 2.69. The van der Waals surface area contributed by atoms with E-state index in [4.69, 9.17) is 4.52 Å². The number of aryl methyl sites for hydroxylation is 1. The zero-order chi connectivity index (χ0) is 13.9. The number of benzene rings is 2. The molecule has 4 heteroatoms. The van der Waals surface area contributed by atoms with Crippen LogP contribution in [0.1, 0.15) is 17.0 Å². The summed E-state index contributed by atoms with van der Waals surface area (Å²) in [6.45, 7) is 2.06. The maximum absolute atomic E-state index is 9.26. The van der Waals surface area contributed by atoms with Gasteiger partial charge in [-0.15, -0.1) is 0 Å². The van der Waals surface area contributed by atoms with Crippen molar-refractivity contribution in [1.82, 2.24) is 10.1 Å². The fourth-order valence-corrected chi connectivity index (χ4v) is 1.94. The number of rotatable bonds is 3. The standard InChI is InChI=1S/C16H14N2O2/c1-11-2-4-12(5-3-11)10-15-17-16(20-18-15)13-6-8-14(19)9-7-13/h2-9,19H,10H2,1H3. The summed E-state index contributed by atoms with van der Waals surface area (Å²) in [5, 5.41) is 13.2. The summed E-state index contributed by atoms with van der Waals surface area (Å²) in [4.78, 5) is 4.37. The van der Waals surface area contributed by atoms with Gasteiger partial charge in [-0.05, 0) is 36.8 Å². The van der Waals surface area contributed by atoms with Crippen molar-refractivity contribution in [2.24, 2.45) is 0 Å². The van der Waals surface area contributed by atoms with Gasteiger partial charge in [-0.25, -0.2) is 0 Å². The van der Waals surface area contributed by atoms with E-state index in [2.05, 4.69) is 41.3 Å². The number of hydrogen-bond acceptors (Lipinski definition) is 4. The zero-order valence-corrected chi connectivity index (χ0v) is 11.1. The molecule has 0 spiro atoms. The molecule has 0 saturated carbocycles. The van der Waals surface area contributed by atoms with E-state index in [1.807, 2.05) is 0 Å². The zero-order valence-electron chi connectivity index (χ0n) is 11.1. The number of phenolic OH excluding ortho intramolecular Hbond substituents is 1. The summed E-state index contributed by atoms with van der Waals surface area (Å²) in [6.07, 6.45) is 0.641. The highest BCUT2D eigenvalue weighted by Crippen LogP contribution is 2.20. The van der Waals surface area contributed by atoms with Crippen LogP contribution >= 0.6 is 0 Å². The summed E-state index contributed by atoms with van der Waals surface area (Å²) in [6, 6.07) is 14.9. The first-order chi connectivity index (χ1) is 9.70. The van der Waals surface area contributed by atoms with Crippen molar-refractivity contribution in [1.29, 1.82) is 0 Å². The summed E-state index contributed by atoms with van der Waals surface area (Å²) >= 11 is 0. The number of nitrogens with zero attached hydrogens (tertiary/aromatic N) is 2. The topological polar surface area (TPSA) is 59.2 Å². The summed E-state index contributed by atoms with van der Waals surface area (Å²) in [7, 11) is 0. The Morgan fingerprint density at radius 3 is 2.40 bits per heavy atom. The second kappa shape index (κ2) is 5.17. The summed E-state index contributed by atoms with van der Waals surface area (Å²) in [5.74, 6) is 1.33. The maximum atomic E-state index is 9.26. The molecule has 0 bridgehead atoms. The van der Waals surface area contributed by atoms with Gasteiger partial charge in [-0.2, -0.15) is 4.98 Å². The van der Waals surface area contributed by atoms with Gasteiger partial charge in [0.2, 0.25) is 0 Å². The third-order valence-corrected chi connectivity index (χ3v) is 3.07. The van der Waals surface area contributed by atoms with Crippen molar-refractivity contribution < 1.29 is 9.63 Å². The first-order valence-corrected chi connectivity index (χ1v) is 6.38. The van der Waals surface area contributed by atoms with Gasteiger partial charge < -0.3 is 9.63 Å². The Morgan fingerprint density at radius 1 is 1.00 bits per heavy atom. The molecule has 3 rings (SSSR count). The Morgan fingerprint density at radius 2 is 1.70 bits per heavy atom. The predicted molar refractivity (Wildman–Crippen MR) is 75.4 cm³/mol. The molecule has 1 aromatic heterocycles. The Bertz CT molecular complexity index is 700. The van der Waals surface area contributed by atoms with Gasteiger partial charge in [0.1, 0.15) is 5.75 Å². The largest absolute Gasteiger partial charge is 0.508 e. The minimum Gasteiger partial charge on any atom is -0.508 e. The van der Waals surface area contributed by atoms with Gasteiger partial charge in [-0.1, -0.05) is 35.0 Å².